The normalized spacial score (nSPS) is 11.8. The molecule has 0 saturated heterocycles. The van der Waals surface area contributed by atoms with Crippen molar-refractivity contribution in [3.63, 3.8) is 0 Å². The monoisotopic (exact) mass is 535 g/mol. The number of amides is 1. The van der Waals surface area contributed by atoms with Crippen LogP contribution in [0.25, 0.3) is 21.5 Å². The first kappa shape index (κ1) is 26.1. The standard InChI is InChI=1S/C32H29N3O3S/c1-22-13-16-27(17-14-22)39(37,38)35(31-18-23(2)12-15-24(31)3)21-32(36)34-33-20-30-28-10-6-4-8-25(28)19-26-9-5-7-11-29(26)30/h4-20H,21H2,1-3H3,(H,34,36)/b33-20-. The SMILES string of the molecule is Cc1ccc(S(=O)(=O)N(CC(=O)N/N=C\c2c3ccccc3cc3ccccc23)c2cc(C)ccc2C)cc1. The zero-order chi connectivity index (χ0) is 27.6. The maximum absolute atomic E-state index is 13.7. The first-order valence-electron chi connectivity index (χ1n) is 12.6. The van der Waals surface area contributed by atoms with Gasteiger partial charge in [0.15, 0.2) is 0 Å². The van der Waals surface area contributed by atoms with Gasteiger partial charge < -0.3 is 0 Å². The van der Waals surface area contributed by atoms with Crippen LogP contribution in [0.3, 0.4) is 0 Å². The number of hydrazone groups is 1. The molecule has 0 saturated carbocycles. The number of fused-ring (bicyclic) bond motifs is 2. The third kappa shape index (κ3) is 5.40. The Labute approximate surface area is 228 Å². The molecular formula is C32H29N3O3S. The molecule has 0 spiro atoms. The second-order valence-corrected chi connectivity index (χ2v) is 11.5. The number of carbonyl (C=O) groups is 1. The van der Waals surface area contributed by atoms with E-state index in [2.05, 4.69) is 16.6 Å². The average Bonchev–Trinajstić information content (AvgIpc) is 2.93. The minimum absolute atomic E-state index is 0.118. The molecule has 0 aliphatic heterocycles. The van der Waals surface area contributed by atoms with Crippen LogP contribution < -0.4 is 9.73 Å². The highest BCUT2D eigenvalue weighted by molar-refractivity contribution is 7.92. The molecule has 5 aromatic rings. The topological polar surface area (TPSA) is 78.8 Å². The summed E-state index contributed by atoms with van der Waals surface area (Å²) in [6.07, 6.45) is 1.62. The summed E-state index contributed by atoms with van der Waals surface area (Å²) in [5.74, 6) is -0.549. The summed E-state index contributed by atoms with van der Waals surface area (Å²) in [7, 11) is -4.02. The van der Waals surface area contributed by atoms with Gasteiger partial charge in [0.05, 0.1) is 16.8 Å². The molecular weight excluding hydrogens is 506 g/mol. The molecule has 6 nitrogen and oxygen atoms in total. The van der Waals surface area contributed by atoms with Gasteiger partial charge in [-0.25, -0.2) is 13.8 Å². The van der Waals surface area contributed by atoms with E-state index in [0.717, 1.165) is 48.1 Å². The molecule has 7 heteroatoms. The predicted octanol–water partition coefficient (Wildman–Crippen LogP) is 6.26. The molecule has 0 bridgehead atoms. The highest BCUT2D eigenvalue weighted by Gasteiger charge is 2.28. The van der Waals surface area contributed by atoms with Crippen LogP contribution in [0.15, 0.2) is 107 Å². The van der Waals surface area contributed by atoms with Gasteiger partial charge in [0.25, 0.3) is 15.9 Å². The zero-order valence-corrected chi connectivity index (χ0v) is 22.9. The van der Waals surface area contributed by atoms with Gasteiger partial charge in [0, 0.05) is 5.56 Å². The average molecular weight is 536 g/mol. The summed E-state index contributed by atoms with van der Waals surface area (Å²) < 4.78 is 28.6. The lowest BCUT2D eigenvalue weighted by Crippen LogP contribution is -2.40. The molecule has 1 N–H and O–H groups in total. The zero-order valence-electron chi connectivity index (χ0n) is 22.0. The van der Waals surface area contributed by atoms with Crippen LogP contribution in [-0.4, -0.2) is 27.1 Å². The summed E-state index contributed by atoms with van der Waals surface area (Å²) in [6, 6.07) is 30.3. The van der Waals surface area contributed by atoms with Crippen LogP contribution in [-0.2, 0) is 14.8 Å². The highest BCUT2D eigenvalue weighted by atomic mass is 32.2. The number of nitrogens with zero attached hydrogens (tertiary/aromatic N) is 2. The number of hydrogen-bond donors (Lipinski definition) is 1. The largest absolute Gasteiger partial charge is 0.271 e. The van der Waals surface area contributed by atoms with Crippen LogP contribution in [0, 0.1) is 20.8 Å². The number of nitrogens with one attached hydrogen (secondary N) is 1. The number of rotatable bonds is 7. The summed E-state index contributed by atoms with van der Waals surface area (Å²) in [5.41, 5.74) is 6.46. The number of aryl methyl sites for hydroxylation is 3. The first-order valence-corrected chi connectivity index (χ1v) is 14.1. The first-order chi connectivity index (χ1) is 18.7. The molecule has 0 aliphatic rings. The van der Waals surface area contributed by atoms with Crippen molar-refractivity contribution in [2.45, 2.75) is 25.7 Å². The van der Waals surface area contributed by atoms with Gasteiger partial charge >= 0.3 is 0 Å². The van der Waals surface area contributed by atoms with Crippen LogP contribution in [0.4, 0.5) is 5.69 Å². The van der Waals surface area contributed by atoms with E-state index in [9.17, 15) is 13.2 Å². The van der Waals surface area contributed by atoms with E-state index in [0.29, 0.717) is 5.69 Å². The van der Waals surface area contributed by atoms with E-state index in [1.54, 1.807) is 36.5 Å². The Bertz CT molecular complexity index is 1770. The van der Waals surface area contributed by atoms with Crippen molar-refractivity contribution in [2.24, 2.45) is 5.10 Å². The summed E-state index contributed by atoms with van der Waals surface area (Å²) in [6.45, 7) is 5.18. The number of hydrogen-bond acceptors (Lipinski definition) is 4. The third-order valence-electron chi connectivity index (χ3n) is 6.73. The predicted molar refractivity (Wildman–Crippen MR) is 159 cm³/mol. The Morgan fingerprint density at radius 1 is 0.795 bits per heavy atom. The molecule has 196 valence electrons. The molecule has 0 atom stereocenters. The van der Waals surface area contributed by atoms with Crippen molar-refractivity contribution < 1.29 is 13.2 Å². The van der Waals surface area contributed by atoms with Gasteiger partial charge in [0.2, 0.25) is 0 Å². The lowest BCUT2D eigenvalue weighted by molar-refractivity contribution is -0.119. The second-order valence-electron chi connectivity index (χ2n) is 9.64. The van der Waals surface area contributed by atoms with Crippen LogP contribution in [0.2, 0.25) is 0 Å². The number of anilines is 1. The van der Waals surface area contributed by atoms with E-state index in [-0.39, 0.29) is 4.90 Å². The maximum atomic E-state index is 13.7. The molecule has 0 unspecified atom stereocenters. The Balaban J connectivity index is 1.47. The van der Waals surface area contributed by atoms with Crippen molar-refractivity contribution in [3.05, 3.63) is 119 Å². The lowest BCUT2D eigenvalue weighted by Gasteiger charge is -2.25. The van der Waals surface area contributed by atoms with Crippen LogP contribution >= 0.6 is 0 Å². The molecule has 0 heterocycles. The summed E-state index contributed by atoms with van der Waals surface area (Å²) in [4.78, 5) is 13.3. The number of sulfonamides is 1. The van der Waals surface area contributed by atoms with Gasteiger partial charge in [-0.05, 0) is 77.7 Å². The van der Waals surface area contributed by atoms with E-state index in [1.165, 1.54) is 0 Å². The fourth-order valence-corrected chi connectivity index (χ4v) is 6.13. The Morgan fingerprint density at radius 3 is 2.03 bits per heavy atom. The second kappa shape index (κ2) is 10.7. The molecule has 5 aromatic carbocycles. The van der Waals surface area contributed by atoms with Crippen molar-refractivity contribution in [1.29, 1.82) is 0 Å². The van der Waals surface area contributed by atoms with E-state index in [4.69, 9.17) is 0 Å². The third-order valence-corrected chi connectivity index (χ3v) is 8.50. The van der Waals surface area contributed by atoms with E-state index in [1.807, 2.05) is 81.4 Å². The van der Waals surface area contributed by atoms with Gasteiger partial charge in [-0.3, -0.25) is 9.10 Å². The van der Waals surface area contributed by atoms with Crippen molar-refractivity contribution in [3.8, 4) is 0 Å². The molecule has 0 fully saturated rings. The molecule has 1 amide bonds. The number of benzene rings is 5. The quantitative estimate of drug-likeness (QED) is 0.152. The molecule has 39 heavy (non-hydrogen) atoms. The Kier molecular flexibility index (Phi) is 7.17. The smallest absolute Gasteiger partial charge is 0.264 e. The summed E-state index contributed by atoms with van der Waals surface area (Å²) in [5, 5.41) is 8.39. The number of carbonyl (C=O) groups excluding carboxylic acids is 1. The Morgan fingerprint density at radius 2 is 1.38 bits per heavy atom. The van der Waals surface area contributed by atoms with E-state index >= 15 is 0 Å². The van der Waals surface area contributed by atoms with E-state index < -0.39 is 22.5 Å². The van der Waals surface area contributed by atoms with Crippen LogP contribution in [0.1, 0.15) is 22.3 Å². The summed E-state index contributed by atoms with van der Waals surface area (Å²) >= 11 is 0. The molecule has 5 rings (SSSR count). The van der Waals surface area contributed by atoms with Crippen molar-refractivity contribution in [2.75, 3.05) is 10.8 Å². The fraction of sp³-hybridized carbons (Fsp3) is 0.125. The minimum Gasteiger partial charge on any atom is -0.271 e. The lowest BCUT2D eigenvalue weighted by atomic mass is 9.97. The highest BCUT2D eigenvalue weighted by Crippen LogP contribution is 2.29. The van der Waals surface area contributed by atoms with Crippen molar-refractivity contribution >= 4 is 49.4 Å². The molecule has 0 radical (unpaired) electrons. The van der Waals surface area contributed by atoms with Gasteiger partial charge in [0.1, 0.15) is 6.54 Å². The maximum Gasteiger partial charge on any atom is 0.264 e. The Hall–Kier alpha value is -4.49. The van der Waals surface area contributed by atoms with Crippen LogP contribution in [0.5, 0.6) is 0 Å². The van der Waals surface area contributed by atoms with Gasteiger partial charge in [-0.1, -0.05) is 78.4 Å². The molecule has 0 aliphatic carbocycles. The fourth-order valence-electron chi connectivity index (χ4n) is 4.65. The minimum atomic E-state index is -4.02. The molecule has 0 aromatic heterocycles. The van der Waals surface area contributed by atoms with Crippen molar-refractivity contribution in [1.82, 2.24) is 5.43 Å². The van der Waals surface area contributed by atoms with Gasteiger partial charge in [-0.15, -0.1) is 0 Å². The van der Waals surface area contributed by atoms with Gasteiger partial charge in [-0.2, -0.15) is 5.10 Å².